The van der Waals surface area contributed by atoms with Crippen LogP contribution in [0.4, 0.5) is 0 Å². The SMILES string of the molecule is CC(C)(C)[Si](C)(C)Oc1cc(-c2ccc(-c3cccs3)s2)c(O[Si](C)(C)C(C)(C)C)cc1-c1ccc(-c2cccs2)s1. The maximum absolute atomic E-state index is 7.16. The van der Waals surface area contributed by atoms with Crippen LogP contribution in [0.1, 0.15) is 41.5 Å². The summed E-state index contributed by atoms with van der Waals surface area (Å²) in [5.41, 5.74) is 2.25. The van der Waals surface area contributed by atoms with Crippen molar-refractivity contribution in [3.63, 3.8) is 0 Å². The van der Waals surface area contributed by atoms with E-state index >= 15 is 0 Å². The lowest BCUT2D eigenvalue weighted by atomic mass is 10.1. The van der Waals surface area contributed by atoms with E-state index in [4.69, 9.17) is 8.85 Å². The molecular weight excluding hydrogens is 625 g/mol. The number of thiophene rings is 4. The van der Waals surface area contributed by atoms with Gasteiger partial charge in [0.1, 0.15) is 11.5 Å². The van der Waals surface area contributed by atoms with Crippen LogP contribution in [0.5, 0.6) is 11.5 Å². The van der Waals surface area contributed by atoms with E-state index in [1.54, 1.807) is 22.7 Å². The first-order valence-electron chi connectivity index (χ1n) is 14.4. The third kappa shape index (κ3) is 6.44. The number of rotatable bonds is 8. The number of hydrogen-bond acceptors (Lipinski definition) is 6. The van der Waals surface area contributed by atoms with Gasteiger partial charge in [-0.05, 0) is 95.6 Å². The summed E-state index contributed by atoms with van der Waals surface area (Å²) in [5.74, 6) is 1.93. The lowest BCUT2D eigenvalue weighted by molar-refractivity contribution is 0.484. The molecule has 0 amide bonds. The number of benzene rings is 1. The largest absolute Gasteiger partial charge is 0.543 e. The highest BCUT2D eigenvalue weighted by atomic mass is 32.1. The summed E-state index contributed by atoms with van der Waals surface area (Å²) >= 11 is 7.24. The molecule has 0 unspecified atom stereocenters. The molecular formula is C34H42O2S4Si2. The molecule has 1 aromatic carbocycles. The first-order chi connectivity index (χ1) is 19.6. The fourth-order valence-electron chi connectivity index (χ4n) is 4.04. The van der Waals surface area contributed by atoms with Crippen LogP contribution in [0, 0.1) is 0 Å². The van der Waals surface area contributed by atoms with Gasteiger partial charge in [-0.15, -0.1) is 45.3 Å². The van der Waals surface area contributed by atoms with Crippen molar-refractivity contribution in [1.29, 1.82) is 0 Å². The van der Waals surface area contributed by atoms with E-state index in [9.17, 15) is 0 Å². The van der Waals surface area contributed by atoms with Crippen molar-refractivity contribution in [2.75, 3.05) is 0 Å². The molecule has 0 atom stereocenters. The highest BCUT2D eigenvalue weighted by Crippen LogP contribution is 2.50. The Hall–Kier alpha value is -1.95. The molecule has 222 valence electrons. The van der Waals surface area contributed by atoms with E-state index in [-0.39, 0.29) is 10.1 Å². The molecule has 4 aromatic heterocycles. The molecule has 42 heavy (non-hydrogen) atoms. The van der Waals surface area contributed by atoms with Crippen molar-refractivity contribution >= 4 is 62.0 Å². The van der Waals surface area contributed by atoms with E-state index in [0.29, 0.717) is 0 Å². The molecule has 0 fully saturated rings. The van der Waals surface area contributed by atoms with Gasteiger partial charge in [-0.3, -0.25) is 0 Å². The Morgan fingerprint density at radius 2 is 0.857 bits per heavy atom. The van der Waals surface area contributed by atoms with E-state index in [2.05, 4.69) is 139 Å². The maximum Gasteiger partial charge on any atom is 0.250 e. The fraction of sp³-hybridized carbons (Fsp3) is 0.353. The molecule has 4 heterocycles. The number of hydrogen-bond donors (Lipinski definition) is 0. The molecule has 0 aliphatic carbocycles. The third-order valence-electron chi connectivity index (χ3n) is 8.70. The van der Waals surface area contributed by atoms with Crippen molar-refractivity contribution in [2.45, 2.75) is 77.8 Å². The summed E-state index contributed by atoms with van der Waals surface area (Å²) in [6, 6.07) is 22.2. The summed E-state index contributed by atoms with van der Waals surface area (Å²) in [6.45, 7) is 23.2. The average molecular weight is 667 g/mol. The van der Waals surface area contributed by atoms with Crippen LogP contribution in [0.2, 0.25) is 36.3 Å². The van der Waals surface area contributed by atoms with Gasteiger partial charge in [-0.1, -0.05) is 53.7 Å². The zero-order valence-electron chi connectivity index (χ0n) is 26.4. The molecule has 0 aliphatic rings. The molecule has 0 spiro atoms. The summed E-state index contributed by atoms with van der Waals surface area (Å²) in [5, 5.41) is 4.44. The lowest BCUT2D eigenvalue weighted by Gasteiger charge is -2.38. The second kappa shape index (κ2) is 11.5. The minimum absolute atomic E-state index is 0.0770. The van der Waals surface area contributed by atoms with Gasteiger partial charge < -0.3 is 8.85 Å². The highest BCUT2D eigenvalue weighted by Gasteiger charge is 2.41. The van der Waals surface area contributed by atoms with E-state index in [0.717, 1.165) is 22.6 Å². The fourth-order valence-corrected chi connectivity index (χ4v) is 9.81. The van der Waals surface area contributed by atoms with Gasteiger partial charge in [-0.2, -0.15) is 0 Å². The highest BCUT2D eigenvalue weighted by molar-refractivity contribution is 7.24. The summed E-state index contributed by atoms with van der Waals surface area (Å²) in [7, 11) is -4.27. The third-order valence-corrected chi connectivity index (χ3v) is 21.7. The monoisotopic (exact) mass is 666 g/mol. The predicted molar refractivity (Wildman–Crippen MR) is 195 cm³/mol. The van der Waals surface area contributed by atoms with Crippen LogP contribution in [0.15, 0.2) is 71.4 Å². The predicted octanol–water partition coefficient (Wildman–Crippen LogP) is 13.4. The van der Waals surface area contributed by atoms with Crippen LogP contribution in [-0.2, 0) is 0 Å². The summed E-state index contributed by atoms with van der Waals surface area (Å²) < 4.78 is 14.3. The van der Waals surface area contributed by atoms with Crippen molar-refractivity contribution in [3.05, 3.63) is 71.4 Å². The van der Waals surface area contributed by atoms with Gasteiger partial charge >= 0.3 is 0 Å². The molecule has 2 nitrogen and oxygen atoms in total. The molecule has 0 saturated carbocycles. The van der Waals surface area contributed by atoms with Gasteiger partial charge in [0.05, 0.1) is 0 Å². The minimum atomic E-state index is -2.13. The molecule has 0 saturated heterocycles. The standard InChI is InChI=1S/C34H42O2S4Si2/c1-33(2,3)41(7,8)35-25-21-24(28-16-18-32(40-28)30-14-12-20-38-30)26(36-42(9,10)34(4,5)6)22-23(25)27-15-17-31(39-27)29-13-11-19-37-29/h11-22H,1-10H3. The van der Waals surface area contributed by atoms with E-state index in [1.807, 2.05) is 22.7 Å². The summed E-state index contributed by atoms with van der Waals surface area (Å²) in [6.07, 6.45) is 0. The van der Waals surface area contributed by atoms with Crippen molar-refractivity contribution < 1.29 is 8.85 Å². The molecule has 0 bridgehead atoms. The quantitative estimate of drug-likeness (QED) is 0.153. The molecule has 0 aliphatic heterocycles. The first-order valence-corrected chi connectivity index (χ1v) is 23.6. The van der Waals surface area contributed by atoms with E-state index in [1.165, 1.54) is 29.3 Å². The van der Waals surface area contributed by atoms with Crippen molar-refractivity contribution in [3.8, 4) is 51.9 Å². The normalized spacial score (nSPS) is 13.0. The molecule has 5 rings (SSSR count). The molecule has 0 radical (unpaired) electrons. The van der Waals surface area contributed by atoms with Crippen molar-refractivity contribution in [1.82, 2.24) is 0 Å². The first kappa shape index (κ1) is 31.5. The van der Waals surface area contributed by atoms with Crippen LogP contribution < -0.4 is 8.85 Å². The minimum Gasteiger partial charge on any atom is -0.543 e. The Balaban J connectivity index is 1.72. The zero-order chi connectivity index (χ0) is 30.5. The molecule has 8 heteroatoms. The average Bonchev–Trinajstić information content (AvgIpc) is 3.70. The molecule has 0 N–H and O–H groups in total. The lowest BCUT2D eigenvalue weighted by Crippen LogP contribution is -2.44. The Morgan fingerprint density at radius 1 is 0.500 bits per heavy atom. The Kier molecular flexibility index (Phi) is 8.64. The smallest absolute Gasteiger partial charge is 0.250 e. The molecule has 5 aromatic rings. The maximum atomic E-state index is 7.16. The van der Waals surface area contributed by atoms with Gasteiger partial charge in [0, 0.05) is 40.4 Å². The van der Waals surface area contributed by atoms with Gasteiger partial charge in [0.15, 0.2) is 0 Å². The van der Waals surface area contributed by atoms with E-state index < -0.39 is 16.6 Å². The van der Waals surface area contributed by atoms with Crippen LogP contribution >= 0.6 is 45.3 Å². The Morgan fingerprint density at radius 3 is 1.17 bits per heavy atom. The second-order valence-electron chi connectivity index (χ2n) is 13.9. The van der Waals surface area contributed by atoms with Gasteiger partial charge in [-0.25, -0.2) is 0 Å². The van der Waals surface area contributed by atoms with Crippen molar-refractivity contribution in [2.24, 2.45) is 0 Å². The zero-order valence-corrected chi connectivity index (χ0v) is 31.6. The topological polar surface area (TPSA) is 18.5 Å². The summed E-state index contributed by atoms with van der Waals surface area (Å²) in [4.78, 5) is 7.59. The van der Waals surface area contributed by atoms with Crippen LogP contribution in [0.25, 0.3) is 40.4 Å². The van der Waals surface area contributed by atoms with Crippen LogP contribution in [-0.4, -0.2) is 16.6 Å². The second-order valence-corrected chi connectivity index (χ2v) is 27.4. The Labute approximate surface area is 270 Å². The van der Waals surface area contributed by atoms with Gasteiger partial charge in [0.25, 0.3) is 16.6 Å². The van der Waals surface area contributed by atoms with Crippen LogP contribution in [0.3, 0.4) is 0 Å². The Bertz CT molecular complexity index is 1520. The van der Waals surface area contributed by atoms with Gasteiger partial charge in [0.2, 0.25) is 0 Å².